The van der Waals surface area contributed by atoms with E-state index in [0.717, 1.165) is 0 Å². The molecule has 0 spiro atoms. The summed E-state index contributed by atoms with van der Waals surface area (Å²) >= 11 is 0. The third-order valence-electron chi connectivity index (χ3n) is 4.30. The zero-order valence-corrected chi connectivity index (χ0v) is 17.9. The van der Waals surface area contributed by atoms with Gasteiger partial charge in [0.15, 0.2) is 0 Å². The molecule has 3 N–H and O–H groups in total. The lowest BCUT2D eigenvalue weighted by molar-refractivity contribution is -0.137. The number of carbonyl (C=O) groups is 1. The molecule has 2 aromatic heterocycles. The fourth-order valence-corrected chi connectivity index (χ4v) is 3.97. The molecule has 0 saturated carbocycles. The molecule has 8 nitrogen and oxygen atoms in total. The minimum atomic E-state index is -4.79. The first-order valence-corrected chi connectivity index (χ1v) is 11.8. The quantitative estimate of drug-likeness (QED) is 0.419. The summed E-state index contributed by atoms with van der Waals surface area (Å²) in [5, 5.41) is 2.90. The van der Waals surface area contributed by atoms with Gasteiger partial charge in [0.2, 0.25) is 0 Å². The number of alkyl halides is 3. The summed E-state index contributed by atoms with van der Waals surface area (Å²) in [6, 6.07) is 8.53. The zero-order chi connectivity index (χ0) is 23.5. The normalized spacial score (nSPS) is 11.8. The number of anilines is 2. The van der Waals surface area contributed by atoms with Crippen molar-refractivity contribution in [2.45, 2.75) is 12.7 Å². The molecule has 0 aliphatic rings. The molecule has 0 radical (unpaired) electrons. The van der Waals surface area contributed by atoms with Gasteiger partial charge in [-0.3, -0.25) is 4.98 Å². The zero-order valence-electron chi connectivity index (χ0n) is 17.1. The molecule has 168 valence electrons. The predicted octanol–water partition coefficient (Wildman–Crippen LogP) is 3.56. The Bertz CT molecular complexity index is 1200. The molecule has 3 rings (SSSR count). The number of halogens is 3. The molecular weight excluding hydrogens is 446 g/mol. The number of para-hydroxylation sites is 1. The molecule has 0 aliphatic heterocycles. The Labute approximate surface area is 181 Å². The van der Waals surface area contributed by atoms with Gasteiger partial charge >= 0.3 is 18.2 Å². The first-order valence-electron chi connectivity index (χ1n) is 9.22. The highest BCUT2D eigenvalue weighted by molar-refractivity contribution is 7.70. The summed E-state index contributed by atoms with van der Waals surface area (Å²) in [7, 11) is -2.82. The summed E-state index contributed by atoms with van der Waals surface area (Å²) in [6.07, 6.45) is -2.85. The lowest BCUT2D eigenvalue weighted by Gasteiger charge is -2.17. The summed E-state index contributed by atoms with van der Waals surface area (Å²) in [5.74, 6) is -1.57. The Hall–Kier alpha value is -3.30. The van der Waals surface area contributed by atoms with Crippen molar-refractivity contribution in [3.63, 3.8) is 0 Å². The van der Waals surface area contributed by atoms with Gasteiger partial charge in [-0.25, -0.2) is 9.78 Å². The number of aromatic nitrogens is 3. The van der Waals surface area contributed by atoms with E-state index < -0.39 is 36.7 Å². The van der Waals surface area contributed by atoms with Gasteiger partial charge in [-0.15, -0.1) is 0 Å². The molecule has 0 atom stereocenters. The van der Waals surface area contributed by atoms with E-state index in [1.165, 1.54) is 37.7 Å². The minimum Gasteiger partial charge on any atom is -0.387 e. The Morgan fingerprint density at radius 1 is 1.16 bits per heavy atom. The fraction of sp³-hybridized carbons (Fsp3) is 0.200. The average molecular weight is 465 g/mol. The van der Waals surface area contributed by atoms with Crippen LogP contribution < -0.4 is 21.1 Å². The third kappa shape index (κ3) is 5.30. The van der Waals surface area contributed by atoms with E-state index in [0.29, 0.717) is 11.5 Å². The van der Waals surface area contributed by atoms with Crippen LogP contribution in [0.2, 0.25) is 0 Å². The molecule has 3 aromatic rings. The van der Waals surface area contributed by atoms with Gasteiger partial charge in [0.05, 0.1) is 16.9 Å². The molecular formula is C20H19F3N5O3P. The second-order valence-corrected chi connectivity index (χ2v) is 10.2. The van der Waals surface area contributed by atoms with Crippen LogP contribution in [0.3, 0.4) is 0 Å². The molecule has 0 bridgehead atoms. The highest BCUT2D eigenvalue weighted by Gasteiger charge is 2.36. The number of nitrogens with two attached hydrogens (primary N) is 1. The fourth-order valence-electron chi connectivity index (χ4n) is 2.82. The number of carbonyl (C=O) groups excluding carboxylic acids is 1. The maximum absolute atomic E-state index is 13.5. The van der Waals surface area contributed by atoms with Crippen LogP contribution in [0.25, 0.3) is 0 Å². The van der Waals surface area contributed by atoms with E-state index in [9.17, 15) is 22.5 Å². The second kappa shape index (κ2) is 9.05. The number of hydrogen-bond donors (Lipinski definition) is 2. The SMILES string of the molecule is CP(C)(=O)c1ccccc1Nc1nc(OC(=O)c2cccnc2CN)ncc1C(F)(F)F. The molecule has 0 fully saturated rings. The summed E-state index contributed by atoms with van der Waals surface area (Å²) in [4.78, 5) is 23.7. The van der Waals surface area contributed by atoms with Crippen molar-refractivity contribution in [3.05, 3.63) is 65.6 Å². The van der Waals surface area contributed by atoms with Crippen molar-refractivity contribution in [1.82, 2.24) is 15.0 Å². The van der Waals surface area contributed by atoms with Gasteiger partial charge in [0, 0.05) is 24.2 Å². The largest absolute Gasteiger partial charge is 0.421 e. The molecule has 32 heavy (non-hydrogen) atoms. The van der Waals surface area contributed by atoms with Crippen LogP contribution >= 0.6 is 7.14 Å². The van der Waals surface area contributed by atoms with E-state index in [1.807, 2.05) is 0 Å². The van der Waals surface area contributed by atoms with E-state index in [4.69, 9.17) is 10.5 Å². The highest BCUT2D eigenvalue weighted by atomic mass is 31.2. The number of nitrogens with one attached hydrogen (secondary N) is 1. The molecule has 0 amide bonds. The first kappa shape index (κ1) is 23.4. The van der Waals surface area contributed by atoms with Crippen LogP contribution in [0.4, 0.5) is 24.7 Å². The average Bonchev–Trinajstić information content (AvgIpc) is 2.72. The van der Waals surface area contributed by atoms with Crippen molar-refractivity contribution in [3.8, 4) is 6.01 Å². The van der Waals surface area contributed by atoms with Crippen LogP contribution in [0, 0.1) is 0 Å². The number of nitrogens with zero attached hydrogens (tertiary/aromatic N) is 3. The maximum Gasteiger partial charge on any atom is 0.421 e. The summed E-state index contributed by atoms with van der Waals surface area (Å²) in [5.41, 5.74) is 4.83. The standard InChI is InChI=1S/C20H19F3N5O3P/c1-32(2,30)16-8-4-3-7-14(16)27-17-13(20(21,22)23)11-26-19(28-17)31-18(29)12-6-5-9-25-15(12)10-24/h3-9,11H,10,24H2,1-2H3,(H,26,27,28). The molecule has 1 aromatic carbocycles. The van der Waals surface area contributed by atoms with Gasteiger partial charge in [-0.1, -0.05) is 12.1 Å². The van der Waals surface area contributed by atoms with Gasteiger partial charge in [0.1, 0.15) is 18.5 Å². The second-order valence-electron chi connectivity index (χ2n) is 7.00. The molecule has 2 heterocycles. The van der Waals surface area contributed by atoms with Gasteiger partial charge in [-0.2, -0.15) is 18.2 Å². The summed E-state index contributed by atoms with van der Waals surface area (Å²) < 4.78 is 58.2. The lowest BCUT2D eigenvalue weighted by Crippen LogP contribution is -2.18. The highest BCUT2D eigenvalue weighted by Crippen LogP contribution is 2.40. The smallest absolute Gasteiger partial charge is 0.387 e. The molecule has 12 heteroatoms. The van der Waals surface area contributed by atoms with Gasteiger partial charge in [-0.05, 0) is 37.6 Å². The third-order valence-corrected chi connectivity index (χ3v) is 5.85. The maximum atomic E-state index is 13.5. The van der Waals surface area contributed by atoms with Crippen molar-refractivity contribution < 1.29 is 27.3 Å². The van der Waals surface area contributed by atoms with Crippen LogP contribution in [0.5, 0.6) is 6.01 Å². The van der Waals surface area contributed by atoms with E-state index >= 15 is 0 Å². The predicted molar refractivity (Wildman–Crippen MR) is 113 cm³/mol. The summed E-state index contributed by atoms with van der Waals surface area (Å²) in [6.45, 7) is 2.94. The van der Waals surface area contributed by atoms with Crippen LogP contribution in [0.1, 0.15) is 21.6 Å². The molecule has 0 aliphatic carbocycles. The van der Waals surface area contributed by atoms with Crippen LogP contribution in [0.15, 0.2) is 48.8 Å². The van der Waals surface area contributed by atoms with E-state index in [1.54, 1.807) is 18.2 Å². The van der Waals surface area contributed by atoms with Crippen molar-refractivity contribution in [1.29, 1.82) is 0 Å². The number of hydrogen-bond acceptors (Lipinski definition) is 8. The first-order chi connectivity index (χ1) is 15.0. The number of pyridine rings is 1. The lowest BCUT2D eigenvalue weighted by atomic mass is 10.2. The number of esters is 1. The molecule has 0 saturated heterocycles. The van der Waals surface area contributed by atoms with Crippen molar-refractivity contribution in [2.75, 3.05) is 18.6 Å². The topological polar surface area (TPSA) is 120 Å². The van der Waals surface area contributed by atoms with Crippen LogP contribution in [-0.2, 0) is 17.3 Å². The van der Waals surface area contributed by atoms with Crippen molar-refractivity contribution >= 4 is 29.9 Å². The number of benzene rings is 1. The van der Waals surface area contributed by atoms with Gasteiger partial charge in [0.25, 0.3) is 0 Å². The Morgan fingerprint density at radius 3 is 2.53 bits per heavy atom. The molecule has 0 unspecified atom stereocenters. The number of ether oxygens (including phenoxy) is 1. The Balaban J connectivity index is 2.00. The minimum absolute atomic E-state index is 0.0382. The number of rotatable bonds is 6. The Morgan fingerprint density at radius 2 is 1.88 bits per heavy atom. The van der Waals surface area contributed by atoms with Crippen molar-refractivity contribution in [2.24, 2.45) is 5.73 Å². The monoisotopic (exact) mass is 465 g/mol. The van der Waals surface area contributed by atoms with E-state index in [-0.39, 0.29) is 23.5 Å². The van der Waals surface area contributed by atoms with Crippen LogP contribution in [-0.4, -0.2) is 34.3 Å². The Kier molecular flexibility index (Phi) is 6.61. The van der Waals surface area contributed by atoms with E-state index in [2.05, 4.69) is 20.3 Å². The van der Waals surface area contributed by atoms with Gasteiger partial charge < -0.3 is 20.4 Å².